The predicted octanol–water partition coefficient (Wildman–Crippen LogP) is 2.21. The molecule has 0 radical (unpaired) electrons. The van der Waals surface area contributed by atoms with Crippen molar-refractivity contribution in [2.24, 2.45) is 5.41 Å². The molecular weight excluding hydrogens is 246 g/mol. The summed E-state index contributed by atoms with van der Waals surface area (Å²) in [6, 6.07) is 0. The first-order chi connectivity index (χ1) is 8.45. The van der Waals surface area contributed by atoms with Gasteiger partial charge in [0.2, 0.25) is 0 Å². The van der Waals surface area contributed by atoms with E-state index in [1.165, 1.54) is 0 Å². The van der Waals surface area contributed by atoms with Gasteiger partial charge in [-0.2, -0.15) is 12.6 Å². The minimum Gasteiger partial charge on any atom is -0.381 e. The van der Waals surface area contributed by atoms with Gasteiger partial charge in [-0.15, -0.1) is 0 Å². The Morgan fingerprint density at radius 2 is 1.94 bits per heavy atom. The van der Waals surface area contributed by atoms with Gasteiger partial charge in [0.15, 0.2) is 0 Å². The van der Waals surface area contributed by atoms with E-state index in [-0.39, 0.29) is 5.60 Å². The van der Waals surface area contributed by atoms with E-state index in [9.17, 15) is 0 Å². The normalized spacial score (nSPS) is 32.3. The second kappa shape index (κ2) is 5.70. The van der Waals surface area contributed by atoms with Gasteiger partial charge in [0.25, 0.3) is 0 Å². The van der Waals surface area contributed by atoms with Crippen molar-refractivity contribution in [3.8, 4) is 0 Å². The average Bonchev–Trinajstić information content (AvgIpc) is 2.27. The molecule has 0 saturated carbocycles. The standard InChI is InChI=1S/C14H27NO2S/c1-12-8-15(9-13(2,3)17-12)10-14(11-18)4-6-16-7-5-14/h12,18H,4-11H2,1-3H3. The smallest absolute Gasteiger partial charge is 0.0757 e. The highest BCUT2D eigenvalue weighted by Crippen LogP contribution is 2.34. The number of hydrogen-bond acceptors (Lipinski definition) is 4. The molecule has 4 heteroatoms. The molecule has 0 N–H and O–H groups in total. The van der Waals surface area contributed by atoms with Crippen LogP contribution in [0.2, 0.25) is 0 Å². The predicted molar refractivity (Wildman–Crippen MR) is 77.4 cm³/mol. The average molecular weight is 273 g/mol. The molecule has 0 aromatic carbocycles. The zero-order valence-corrected chi connectivity index (χ0v) is 12.8. The van der Waals surface area contributed by atoms with Gasteiger partial charge in [0.05, 0.1) is 11.7 Å². The quantitative estimate of drug-likeness (QED) is 0.797. The monoisotopic (exact) mass is 273 g/mol. The molecule has 1 unspecified atom stereocenters. The lowest BCUT2D eigenvalue weighted by molar-refractivity contribution is -0.137. The van der Waals surface area contributed by atoms with Gasteiger partial charge < -0.3 is 9.47 Å². The Kier molecular flexibility index (Phi) is 4.63. The molecule has 3 nitrogen and oxygen atoms in total. The van der Waals surface area contributed by atoms with Crippen molar-refractivity contribution in [2.45, 2.75) is 45.3 Å². The van der Waals surface area contributed by atoms with Crippen molar-refractivity contribution in [1.29, 1.82) is 0 Å². The van der Waals surface area contributed by atoms with Crippen LogP contribution in [0.4, 0.5) is 0 Å². The molecule has 2 saturated heterocycles. The van der Waals surface area contributed by atoms with Crippen LogP contribution in [0, 0.1) is 5.41 Å². The van der Waals surface area contributed by atoms with E-state index < -0.39 is 0 Å². The van der Waals surface area contributed by atoms with Crippen molar-refractivity contribution in [3.63, 3.8) is 0 Å². The number of nitrogens with zero attached hydrogens (tertiary/aromatic N) is 1. The van der Waals surface area contributed by atoms with E-state index in [4.69, 9.17) is 9.47 Å². The molecule has 18 heavy (non-hydrogen) atoms. The molecule has 2 fully saturated rings. The van der Waals surface area contributed by atoms with Gasteiger partial charge in [0.1, 0.15) is 0 Å². The van der Waals surface area contributed by atoms with Gasteiger partial charge in [-0.05, 0) is 44.8 Å². The zero-order valence-electron chi connectivity index (χ0n) is 11.9. The van der Waals surface area contributed by atoms with Crippen molar-refractivity contribution < 1.29 is 9.47 Å². The molecule has 0 bridgehead atoms. The van der Waals surface area contributed by atoms with E-state index in [2.05, 4.69) is 38.3 Å². The first-order valence-corrected chi connectivity index (χ1v) is 7.67. The summed E-state index contributed by atoms with van der Waals surface area (Å²) in [5.41, 5.74) is 0.315. The molecule has 0 aromatic heterocycles. The van der Waals surface area contributed by atoms with Crippen LogP contribution >= 0.6 is 12.6 Å². The Bertz CT molecular complexity index is 277. The minimum absolute atomic E-state index is 0.0272. The van der Waals surface area contributed by atoms with Gasteiger partial charge in [-0.3, -0.25) is 4.90 Å². The fraction of sp³-hybridized carbons (Fsp3) is 1.00. The maximum absolute atomic E-state index is 5.97. The molecule has 0 aromatic rings. The summed E-state index contributed by atoms with van der Waals surface area (Å²) in [4.78, 5) is 2.57. The summed E-state index contributed by atoms with van der Waals surface area (Å²) in [6.07, 6.45) is 2.61. The lowest BCUT2D eigenvalue weighted by atomic mass is 9.81. The Morgan fingerprint density at radius 3 is 2.50 bits per heavy atom. The number of thiol groups is 1. The van der Waals surface area contributed by atoms with Crippen molar-refractivity contribution in [3.05, 3.63) is 0 Å². The number of ether oxygens (including phenoxy) is 2. The molecule has 2 aliphatic heterocycles. The van der Waals surface area contributed by atoms with E-state index >= 15 is 0 Å². The van der Waals surface area contributed by atoms with E-state index in [1.54, 1.807) is 0 Å². The van der Waals surface area contributed by atoms with Gasteiger partial charge in [-0.25, -0.2) is 0 Å². The summed E-state index contributed by atoms with van der Waals surface area (Å²) in [6.45, 7) is 11.5. The Morgan fingerprint density at radius 1 is 1.28 bits per heavy atom. The molecule has 0 amide bonds. The Labute approximate surface area is 117 Å². The summed E-state index contributed by atoms with van der Waals surface area (Å²) in [7, 11) is 0. The van der Waals surface area contributed by atoms with Gasteiger partial charge in [0, 0.05) is 32.8 Å². The molecule has 2 rings (SSSR count). The van der Waals surface area contributed by atoms with Crippen LogP contribution in [0.5, 0.6) is 0 Å². The largest absolute Gasteiger partial charge is 0.381 e. The summed E-state index contributed by atoms with van der Waals surface area (Å²) >= 11 is 4.60. The summed E-state index contributed by atoms with van der Waals surface area (Å²) in [5, 5.41) is 0. The molecule has 0 aliphatic carbocycles. The highest BCUT2D eigenvalue weighted by Gasteiger charge is 2.38. The van der Waals surface area contributed by atoms with Crippen LogP contribution < -0.4 is 0 Å². The third-order valence-electron chi connectivity index (χ3n) is 4.09. The first kappa shape index (κ1) is 14.6. The summed E-state index contributed by atoms with van der Waals surface area (Å²) < 4.78 is 11.5. The van der Waals surface area contributed by atoms with E-state index in [1.807, 2.05) is 0 Å². The lowest BCUT2D eigenvalue weighted by Crippen LogP contribution is -2.55. The van der Waals surface area contributed by atoms with Crippen LogP contribution in [0.3, 0.4) is 0 Å². The second-order valence-electron chi connectivity index (χ2n) is 6.63. The lowest BCUT2D eigenvalue weighted by Gasteiger charge is -2.46. The molecule has 0 spiro atoms. The third kappa shape index (κ3) is 3.62. The highest BCUT2D eigenvalue weighted by molar-refractivity contribution is 7.80. The van der Waals surface area contributed by atoms with Crippen LogP contribution in [-0.2, 0) is 9.47 Å². The first-order valence-electron chi connectivity index (χ1n) is 7.04. The summed E-state index contributed by atoms with van der Waals surface area (Å²) in [5.74, 6) is 0.961. The molecule has 2 heterocycles. The van der Waals surface area contributed by atoms with Gasteiger partial charge >= 0.3 is 0 Å². The molecule has 1 atom stereocenters. The van der Waals surface area contributed by atoms with Crippen LogP contribution in [0.1, 0.15) is 33.6 Å². The van der Waals surface area contributed by atoms with Crippen molar-refractivity contribution in [1.82, 2.24) is 4.90 Å². The fourth-order valence-electron chi connectivity index (χ4n) is 3.35. The van der Waals surface area contributed by atoms with E-state index in [0.717, 1.165) is 51.4 Å². The third-order valence-corrected chi connectivity index (χ3v) is 4.76. The maximum Gasteiger partial charge on any atom is 0.0757 e. The highest BCUT2D eigenvalue weighted by atomic mass is 32.1. The fourth-order valence-corrected chi connectivity index (χ4v) is 3.77. The zero-order chi connectivity index (χ0) is 13.2. The SMILES string of the molecule is CC1CN(CC2(CS)CCOCC2)CC(C)(C)O1. The number of hydrogen-bond donors (Lipinski definition) is 1. The molecule has 2 aliphatic rings. The van der Waals surface area contributed by atoms with Crippen molar-refractivity contribution >= 4 is 12.6 Å². The molecule has 106 valence electrons. The Hall–Kier alpha value is 0.230. The van der Waals surface area contributed by atoms with Gasteiger partial charge in [-0.1, -0.05) is 0 Å². The van der Waals surface area contributed by atoms with E-state index in [0.29, 0.717) is 11.5 Å². The number of rotatable bonds is 3. The second-order valence-corrected chi connectivity index (χ2v) is 6.94. The maximum atomic E-state index is 5.97. The van der Waals surface area contributed by atoms with Crippen LogP contribution in [0.25, 0.3) is 0 Å². The number of morpholine rings is 1. The topological polar surface area (TPSA) is 21.7 Å². The molecular formula is C14H27NO2S. The van der Waals surface area contributed by atoms with Crippen LogP contribution in [-0.4, -0.2) is 55.2 Å². The van der Waals surface area contributed by atoms with Crippen molar-refractivity contribution in [2.75, 3.05) is 38.6 Å². The minimum atomic E-state index is -0.0272. The van der Waals surface area contributed by atoms with Crippen LogP contribution in [0.15, 0.2) is 0 Å². The Balaban J connectivity index is 1.98.